The van der Waals surface area contributed by atoms with Gasteiger partial charge in [-0.2, -0.15) is 0 Å². The summed E-state index contributed by atoms with van der Waals surface area (Å²) in [7, 11) is 1.86. The predicted octanol–water partition coefficient (Wildman–Crippen LogP) is 1.59. The first-order valence-corrected chi connectivity index (χ1v) is 8.47. The fourth-order valence-electron chi connectivity index (χ4n) is 3.77. The number of hydrogen-bond donors (Lipinski definition) is 2. The molecule has 3 heterocycles. The Labute approximate surface area is 149 Å². The lowest BCUT2D eigenvalue weighted by molar-refractivity contribution is 0.0694. The van der Waals surface area contributed by atoms with Gasteiger partial charge >= 0.3 is 5.97 Å². The quantitative estimate of drug-likeness (QED) is 0.864. The molecule has 2 N–H and O–H groups in total. The summed E-state index contributed by atoms with van der Waals surface area (Å²) < 4.78 is 22.5. The molecule has 4 rings (SSSR count). The molecule has 2 aliphatic heterocycles. The Morgan fingerprint density at radius 1 is 1.46 bits per heavy atom. The van der Waals surface area contributed by atoms with Gasteiger partial charge in [-0.3, -0.25) is 4.79 Å². The molecule has 1 aromatic heterocycles. The lowest BCUT2D eigenvalue weighted by Gasteiger charge is -2.50. The molecule has 1 saturated heterocycles. The molecule has 0 saturated carbocycles. The second-order valence-corrected chi connectivity index (χ2v) is 7.34. The van der Waals surface area contributed by atoms with Crippen LogP contribution in [0, 0.1) is 5.82 Å². The summed E-state index contributed by atoms with van der Waals surface area (Å²) in [5, 5.41) is 12.5. The van der Waals surface area contributed by atoms with E-state index >= 15 is 0 Å². The average Bonchev–Trinajstić information content (AvgIpc) is 2.56. The van der Waals surface area contributed by atoms with E-state index in [2.05, 4.69) is 5.32 Å². The minimum atomic E-state index is -1.32. The molecule has 0 aliphatic carbocycles. The summed E-state index contributed by atoms with van der Waals surface area (Å²) in [6.45, 7) is 5.40. The highest BCUT2D eigenvalue weighted by molar-refractivity contribution is 5.97. The molecule has 138 valence electrons. The van der Waals surface area contributed by atoms with Crippen LogP contribution in [0.5, 0.6) is 5.75 Å². The Bertz CT molecular complexity index is 994. The maximum Gasteiger partial charge on any atom is 0.341 e. The highest BCUT2D eigenvalue weighted by Gasteiger charge is 2.41. The topological polar surface area (TPSA) is 83.8 Å². The van der Waals surface area contributed by atoms with Gasteiger partial charge < -0.3 is 24.6 Å². The van der Waals surface area contributed by atoms with Crippen LogP contribution in [-0.2, 0) is 0 Å². The molecule has 0 unspecified atom stereocenters. The highest BCUT2D eigenvalue weighted by atomic mass is 19.1. The SMILES string of the molecule is CNC1(C)CN(c2c(F)cc3c(=O)c(C(=O)O)cn4c3c2OC[C@@H]4C)C1. The van der Waals surface area contributed by atoms with Crippen molar-refractivity contribution in [3.05, 3.63) is 33.9 Å². The maximum absolute atomic E-state index is 14.9. The number of pyridine rings is 1. The summed E-state index contributed by atoms with van der Waals surface area (Å²) in [6.07, 6.45) is 1.33. The number of nitrogens with zero attached hydrogens (tertiary/aromatic N) is 2. The molecule has 1 fully saturated rings. The van der Waals surface area contributed by atoms with Crippen molar-refractivity contribution in [1.82, 2.24) is 9.88 Å². The Kier molecular flexibility index (Phi) is 3.52. The summed E-state index contributed by atoms with van der Waals surface area (Å²) >= 11 is 0. The van der Waals surface area contributed by atoms with E-state index in [1.54, 1.807) is 4.57 Å². The number of carboxylic acid groups (broad SMARTS) is 1. The van der Waals surface area contributed by atoms with E-state index in [0.717, 1.165) is 6.07 Å². The van der Waals surface area contributed by atoms with Crippen molar-refractivity contribution in [3.63, 3.8) is 0 Å². The van der Waals surface area contributed by atoms with Crippen LogP contribution in [0.1, 0.15) is 30.2 Å². The van der Waals surface area contributed by atoms with Crippen molar-refractivity contribution in [1.29, 1.82) is 0 Å². The maximum atomic E-state index is 14.9. The molecule has 0 spiro atoms. The molecule has 2 aliphatic rings. The molecule has 0 bridgehead atoms. The van der Waals surface area contributed by atoms with Gasteiger partial charge in [-0.15, -0.1) is 0 Å². The monoisotopic (exact) mass is 361 g/mol. The lowest BCUT2D eigenvalue weighted by Crippen LogP contribution is -2.67. The first kappa shape index (κ1) is 16.8. The predicted molar refractivity (Wildman–Crippen MR) is 95.0 cm³/mol. The van der Waals surface area contributed by atoms with Gasteiger partial charge in [0, 0.05) is 19.3 Å². The highest BCUT2D eigenvalue weighted by Crippen LogP contribution is 2.44. The molecule has 8 heteroatoms. The van der Waals surface area contributed by atoms with Gasteiger partial charge in [-0.25, -0.2) is 9.18 Å². The number of ether oxygens (including phenoxy) is 1. The van der Waals surface area contributed by atoms with Crippen molar-refractivity contribution in [2.75, 3.05) is 31.6 Å². The molecule has 1 atom stereocenters. The smallest absolute Gasteiger partial charge is 0.341 e. The van der Waals surface area contributed by atoms with Crippen molar-refractivity contribution < 1.29 is 19.0 Å². The molecular formula is C18H20FN3O4. The summed E-state index contributed by atoms with van der Waals surface area (Å²) in [5.74, 6) is -1.59. The van der Waals surface area contributed by atoms with Crippen LogP contribution >= 0.6 is 0 Å². The number of anilines is 1. The number of aromatic nitrogens is 1. The molecule has 7 nitrogen and oxygen atoms in total. The third kappa shape index (κ3) is 2.21. The Hall–Kier alpha value is -2.61. The van der Waals surface area contributed by atoms with Crippen LogP contribution < -0.4 is 20.4 Å². The van der Waals surface area contributed by atoms with Crippen LogP contribution in [-0.4, -0.2) is 47.9 Å². The normalized spacial score (nSPS) is 20.6. The number of rotatable bonds is 3. The second-order valence-electron chi connectivity index (χ2n) is 7.34. The van der Waals surface area contributed by atoms with E-state index in [4.69, 9.17) is 4.74 Å². The van der Waals surface area contributed by atoms with Gasteiger partial charge in [-0.1, -0.05) is 0 Å². The van der Waals surface area contributed by atoms with Gasteiger partial charge in [0.15, 0.2) is 11.6 Å². The van der Waals surface area contributed by atoms with Gasteiger partial charge in [0.1, 0.15) is 17.9 Å². The number of benzene rings is 1. The van der Waals surface area contributed by atoms with Gasteiger partial charge in [-0.05, 0) is 27.0 Å². The van der Waals surface area contributed by atoms with Crippen molar-refractivity contribution in [2.45, 2.75) is 25.4 Å². The van der Waals surface area contributed by atoms with E-state index in [9.17, 15) is 19.1 Å². The fourth-order valence-corrected chi connectivity index (χ4v) is 3.77. The molecule has 1 aromatic carbocycles. The number of halogens is 1. The largest absolute Gasteiger partial charge is 0.487 e. The summed E-state index contributed by atoms with van der Waals surface area (Å²) in [6, 6.07) is 0.969. The van der Waals surface area contributed by atoms with Gasteiger partial charge in [0.05, 0.1) is 22.5 Å². The van der Waals surface area contributed by atoms with E-state index in [1.165, 1.54) is 6.20 Å². The fraction of sp³-hybridized carbons (Fsp3) is 0.444. The van der Waals surface area contributed by atoms with Crippen LogP contribution in [0.3, 0.4) is 0 Å². The van der Waals surface area contributed by atoms with Crippen molar-refractivity contribution in [2.24, 2.45) is 0 Å². The second kappa shape index (κ2) is 5.44. The minimum absolute atomic E-state index is 0.0320. The van der Waals surface area contributed by atoms with Gasteiger partial charge in [0.25, 0.3) is 0 Å². The Morgan fingerprint density at radius 2 is 2.15 bits per heavy atom. The Morgan fingerprint density at radius 3 is 2.77 bits per heavy atom. The standard InChI is InChI=1S/C18H20FN3O4/c1-9-6-26-16-13-10(15(23)11(17(24)25)5-22(9)13)4-12(19)14(16)21-7-18(2,8-21)20-3/h4-5,9,20H,6-8H2,1-3H3,(H,24,25)/t9-/m0/s1. The zero-order valence-corrected chi connectivity index (χ0v) is 14.8. The zero-order valence-electron chi connectivity index (χ0n) is 14.8. The van der Waals surface area contributed by atoms with E-state index in [-0.39, 0.29) is 29.1 Å². The number of nitrogens with one attached hydrogen (secondary N) is 1. The minimum Gasteiger partial charge on any atom is -0.487 e. The summed E-state index contributed by atoms with van der Waals surface area (Å²) in [4.78, 5) is 25.8. The van der Waals surface area contributed by atoms with Crippen LogP contribution in [0.2, 0.25) is 0 Å². The zero-order chi connectivity index (χ0) is 18.8. The van der Waals surface area contributed by atoms with Crippen molar-refractivity contribution in [3.8, 4) is 5.75 Å². The van der Waals surface area contributed by atoms with Crippen LogP contribution in [0.25, 0.3) is 10.9 Å². The molecule has 0 radical (unpaired) electrons. The van der Waals surface area contributed by atoms with E-state index < -0.39 is 17.2 Å². The van der Waals surface area contributed by atoms with Gasteiger partial charge in [0.2, 0.25) is 5.43 Å². The Balaban J connectivity index is 1.99. The first-order chi connectivity index (χ1) is 12.3. The molecular weight excluding hydrogens is 341 g/mol. The van der Waals surface area contributed by atoms with Crippen molar-refractivity contribution >= 4 is 22.6 Å². The third-order valence-electron chi connectivity index (χ3n) is 5.37. The van der Waals surface area contributed by atoms with Crippen LogP contribution in [0.4, 0.5) is 10.1 Å². The molecule has 0 amide bonds. The number of hydrogen-bond acceptors (Lipinski definition) is 5. The van der Waals surface area contributed by atoms with E-state index in [1.807, 2.05) is 25.8 Å². The van der Waals surface area contributed by atoms with E-state index in [0.29, 0.717) is 30.0 Å². The first-order valence-electron chi connectivity index (χ1n) is 8.47. The number of carbonyl (C=O) groups is 1. The average molecular weight is 361 g/mol. The lowest BCUT2D eigenvalue weighted by atomic mass is 9.91. The number of carboxylic acids is 1. The number of likely N-dealkylation sites (N-methyl/N-ethyl adjacent to an activating group) is 1. The summed E-state index contributed by atoms with van der Waals surface area (Å²) in [5.41, 5.74) is -0.391. The molecule has 26 heavy (non-hydrogen) atoms. The molecule has 2 aromatic rings. The third-order valence-corrected chi connectivity index (χ3v) is 5.37. The number of aromatic carboxylic acids is 1. The van der Waals surface area contributed by atoms with Crippen LogP contribution in [0.15, 0.2) is 17.1 Å².